The summed E-state index contributed by atoms with van der Waals surface area (Å²) in [6, 6.07) is 7.64. The van der Waals surface area contributed by atoms with Gasteiger partial charge >= 0.3 is 0 Å². The van der Waals surface area contributed by atoms with Gasteiger partial charge in [0.1, 0.15) is 0 Å². The van der Waals surface area contributed by atoms with Crippen LogP contribution in [-0.2, 0) is 6.54 Å². The number of nitrogens with zero attached hydrogens (tertiary/aromatic N) is 2. The summed E-state index contributed by atoms with van der Waals surface area (Å²) >= 11 is 3.44. The van der Waals surface area contributed by atoms with Crippen molar-refractivity contribution in [3.63, 3.8) is 0 Å². The minimum Gasteiger partial charge on any atom is -0.392 e. The van der Waals surface area contributed by atoms with E-state index in [0.29, 0.717) is 12.1 Å². The fourth-order valence-electron chi connectivity index (χ4n) is 1.55. The summed E-state index contributed by atoms with van der Waals surface area (Å²) in [5, 5.41) is 18.0. The first-order valence-electron chi connectivity index (χ1n) is 5.08. The van der Waals surface area contributed by atoms with Crippen molar-refractivity contribution >= 4 is 15.9 Å². The van der Waals surface area contributed by atoms with Crippen LogP contribution in [0.1, 0.15) is 18.1 Å². The minimum atomic E-state index is -0.331. The van der Waals surface area contributed by atoms with Crippen molar-refractivity contribution in [3.05, 3.63) is 33.8 Å². The topological polar surface area (TPSA) is 47.3 Å². The van der Waals surface area contributed by atoms with Crippen molar-refractivity contribution in [1.82, 2.24) is 4.90 Å². The molecular weight excluding hydrogens is 268 g/mol. The van der Waals surface area contributed by atoms with Crippen LogP contribution < -0.4 is 0 Å². The van der Waals surface area contributed by atoms with E-state index in [4.69, 9.17) is 5.26 Å². The standard InChI is InChI=1S/C12H15BrN2O/c1-9(16)7-15(2)8-11-4-3-10(6-14)5-12(11)13/h3-5,9,16H,7-8H2,1-2H3. The molecule has 1 rings (SSSR count). The Kier molecular flexibility index (Phi) is 4.94. The predicted molar refractivity (Wildman–Crippen MR) is 66.9 cm³/mol. The second-order valence-electron chi connectivity index (χ2n) is 3.96. The highest BCUT2D eigenvalue weighted by atomic mass is 79.9. The van der Waals surface area contributed by atoms with E-state index in [-0.39, 0.29) is 6.10 Å². The van der Waals surface area contributed by atoms with Crippen LogP contribution in [0.5, 0.6) is 0 Å². The van der Waals surface area contributed by atoms with Crippen LogP contribution in [0, 0.1) is 11.3 Å². The lowest BCUT2D eigenvalue weighted by molar-refractivity contribution is 0.138. The van der Waals surface area contributed by atoms with Gasteiger partial charge in [-0.15, -0.1) is 0 Å². The summed E-state index contributed by atoms with van der Waals surface area (Å²) in [6.45, 7) is 3.15. The van der Waals surface area contributed by atoms with E-state index in [2.05, 4.69) is 22.0 Å². The van der Waals surface area contributed by atoms with Crippen molar-refractivity contribution in [2.75, 3.05) is 13.6 Å². The van der Waals surface area contributed by atoms with E-state index >= 15 is 0 Å². The third kappa shape index (κ3) is 3.93. The number of aliphatic hydroxyl groups is 1. The fourth-order valence-corrected chi connectivity index (χ4v) is 2.06. The van der Waals surface area contributed by atoms with Gasteiger partial charge in [-0.25, -0.2) is 0 Å². The van der Waals surface area contributed by atoms with E-state index in [1.807, 2.05) is 24.1 Å². The zero-order valence-electron chi connectivity index (χ0n) is 9.44. The lowest BCUT2D eigenvalue weighted by Gasteiger charge is -2.19. The second kappa shape index (κ2) is 6.00. The highest BCUT2D eigenvalue weighted by molar-refractivity contribution is 9.10. The number of likely N-dealkylation sites (N-methyl/N-ethyl adjacent to an activating group) is 1. The molecule has 3 nitrogen and oxygen atoms in total. The molecule has 0 aromatic heterocycles. The Labute approximate surface area is 104 Å². The highest BCUT2D eigenvalue weighted by Gasteiger charge is 2.07. The molecule has 0 aliphatic rings. The number of hydrogen-bond acceptors (Lipinski definition) is 3. The number of nitriles is 1. The van der Waals surface area contributed by atoms with Crippen molar-refractivity contribution in [2.24, 2.45) is 0 Å². The molecule has 0 aliphatic carbocycles. The Hall–Kier alpha value is -0.890. The SMILES string of the molecule is CC(O)CN(C)Cc1ccc(C#N)cc1Br. The van der Waals surface area contributed by atoms with Crippen LogP contribution in [0.15, 0.2) is 22.7 Å². The minimum absolute atomic E-state index is 0.331. The van der Waals surface area contributed by atoms with Crippen molar-refractivity contribution in [2.45, 2.75) is 19.6 Å². The molecule has 86 valence electrons. The normalized spacial score (nSPS) is 12.5. The van der Waals surface area contributed by atoms with Gasteiger partial charge in [0.15, 0.2) is 0 Å². The summed E-state index contributed by atoms with van der Waals surface area (Å²) in [5.41, 5.74) is 1.76. The van der Waals surface area contributed by atoms with Gasteiger partial charge in [-0.05, 0) is 31.7 Å². The molecule has 0 aliphatic heterocycles. The third-order valence-electron chi connectivity index (χ3n) is 2.20. The average Bonchev–Trinajstić information content (AvgIpc) is 2.19. The Bertz CT molecular complexity index is 398. The van der Waals surface area contributed by atoms with E-state index in [1.165, 1.54) is 0 Å². The zero-order chi connectivity index (χ0) is 12.1. The molecule has 1 unspecified atom stereocenters. The number of benzene rings is 1. The molecule has 1 aromatic rings. The van der Waals surface area contributed by atoms with Crippen LogP contribution in [0.25, 0.3) is 0 Å². The Morgan fingerprint density at radius 1 is 1.56 bits per heavy atom. The van der Waals surface area contributed by atoms with E-state index < -0.39 is 0 Å². The van der Waals surface area contributed by atoms with Crippen molar-refractivity contribution in [3.8, 4) is 6.07 Å². The number of hydrogen-bond donors (Lipinski definition) is 1. The van der Waals surface area contributed by atoms with Gasteiger partial charge < -0.3 is 5.11 Å². The molecule has 0 saturated heterocycles. The molecule has 0 heterocycles. The molecule has 1 aromatic carbocycles. The average molecular weight is 283 g/mol. The van der Waals surface area contributed by atoms with Crippen LogP contribution in [0.3, 0.4) is 0 Å². The molecule has 16 heavy (non-hydrogen) atoms. The van der Waals surface area contributed by atoms with Gasteiger partial charge in [0.2, 0.25) is 0 Å². The maximum Gasteiger partial charge on any atom is 0.0992 e. The largest absolute Gasteiger partial charge is 0.392 e. The van der Waals surface area contributed by atoms with Crippen LogP contribution in [0.2, 0.25) is 0 Å². The van der Waals surface area contributed by atoms with Crippen LogP contribution in [-0.4, -0.2) is 29.7 Å². The monoisotopic (exact) mass is 282 g/mol. The van der Waals surface area contributed by atoms with Gasteiger partial charge in [0, 0.05) is 17.6 Å². The Morgan fingerprint density at radius 2 is 2.25 bits per heavy atom. The molecule has 0 bridgehead atoms. The molecule has 1 atom stereocenters. The van der Waals surface area contributed by atoms with E-state index in [1.54, 1.807) is 13.0 Å². The predicted octanol–water partition coefficient (Wildman–Crippen LogP) is 2.13. The maximum absolute atomic E-state index is 9.26. The lowest BCUT2D eigenvalue weighted by Crippen LogP contribution is -2.26. The van der Waals surface area contributed by atoms with Crippen molar-refractivity contribution < 1.29 is 5.11 Å². The number of halogens is 1. The van der Waals surface area contributed by atoms with Gasteiger partial charge in [-0.3, -0.25) is 4.90 Å². The number of rotatable bonds is 4. The van der Waals surface area contributed by atoms with Gasteiger partial charge in [0.25, 0.3) is 0 Å². The molecule has 1 N–H and O–H groups in total. The van der Waals surface area contributed by atoms with Crippen molar-refractivity contribution in [1.29, 1.82) is 5.26 Å². The third-order valence-corrected chi connectivity index (χ3v) is 2.94. The lowest BCUT2D eigenvalue weighted by atomic mass is 10.1. The van der Waals surface area contributed by atoms with E-state index in [0.717, 1.165) is 16.6 Å². The molecular formula is C12H15BrN2O. The summed E-state index contributed by atoms with van der Waals surface area (Å²) in [6.07, 6.45) is -0.331. The molecule has 0 radical (unpaired) electrons. The smallest absolute Gasteiger partial charge is 0.0992 e. The van der Waals surface area contributed by atoms with Crippen LogP contribution in [0.4, 0.5) is 0 Å². The van der Waals surface area contributed by atoms with Gasteiger partial charge in [-0.2, -0.15) is 5.26 Å². The summed E-state index contributed by atoms with van der Waals surface area (Å²) in [7, 11) is 1.96. The number of aliphatic hydroxyl groups excluding tert-OH is 1. The zero-order valence-corrected chi connectivity index (χ0v) is 11.0. The Morgan fingerprint density at radius 3 is 2.75 bits per heavy atom. The second-order valence-corrected chi connectivity index (χ2v) is 4.82. The molecule has 0 amide bonds. The summed E-state index contributed by atoms with van der Waals surface area (Å²) < 4.78 is 0.934. The van der Waals surface area contributed by atoms with Crippen LogP contribution >= 0.6 is 15.9 Å². The molecule has 0 saturated carbocycles. The highest BCUT2D eigenvalue weighted by Crippen LogP contribution is 2.19. The molecule has 4 heteroatoms. The van der Waals surface area contributed by atoms with E-state index in [9.17, 15) is 5.11 Å². The Balaban J connectivity index is 2.71. The molecule has 0 fully saturated rings. The summed E-state index contributed by atoms with van der Waals surface area (Å²) in [4.78, 5) is 2.04. The fraction of sp³-hybridized carbons (Fsp3) is 0.417. The quantitative estimate of drug-likeness (QED) is 0.921. The maximum atomic E-state index is 9.26. The first kappa shape index (κ1) is 13.2. The van der Waals surface area contributed by atoms with Gasteiger partial charge in [-0.1, -0.05) is 22.0 Å². The van der Waals surface area contributed by atoms with Gasteiger partial charge in [0.05, 0.1) is 17.7 Å². The summed E-state index contributed by atoms with van der Waals surface area (Å²) in [5.74, 6) is 0. The first-order valence-corrected chi connectivity index (χ1v) is 5.87. The first-order chi connectivity index (χ1) is 7.52. The molecule has 0 spiro atoms.